The van der Waals surface area contributed by atoms with Gasteiger partial charge >= 0.3 is 0 Å². The van der Waals surface area contributed by atoms with Crippen LogP contribution in [0.4, 0.5) is 0 Å². The van der Waals surface area contributed by atoms with Crippen molar-refractivity contribution < 1.29 is 9.53 Å². The molecule has 1 saturated carbocycles. The van der Waals surface area contributed by atoms with Crippen molar-refractivity contribution in [1.82, 2.24) is 20.1 Å². The summed E-state index contributed by atoms with van der Waals surface area (Å²) in [6.07, 6.45) is 1.98. The number of nitrogens with zero attached hydrogens (tertiary/aromatic N) is 4. The molecule has 0 spiro atoms. The standard InChI is InChI=1S/C13H17N5O2/c1-9-15-11(17-16-9)10-7-18(5-6-20-10)12(19)13(8-14)3-2-4-13/h10H,2-7H2,1H3,(H,15,16,17). The Bertz CT molecular complexity index is 557. The topological polar surface area (TPSA) is 94.9 Å². The van der Waals surface area contributed by atoms with Crippen LogP contribution in [0.2, 0.25) is 0 Å². The highest BCUT2D eigenvalue weighted by molar-refractivity contribution is 5.86. The first kappa shape index (κ1) is 13.1. The average Bonchev–Trinajstić information content (AvgIpc) is 2.85. The molecule has 0 aromatic carbocycles. The van der Waals surface area contributed by atoms with Gasteiger partial charge in [-0.15, -0.1) is 0 Å². The number of nitrogens with one attached hydrogen (secondary N) is 1. The number of hydrogen-bond donors (Lipinski definition) is 1. The lowest BCUT2D eigenvalue weighted by Crippen LogP contribution is -2.51. The van der Waals surface area contributed by atoms with E-state index < -0.39 is 5.41 Å². The second kappa shape index (κ2) is 4.87. The van der Waals surface area contributed by atoms with Crippen molar-refractivity contribution in [3.63, 3.8) is 0 Å². The first-order valence-electron chi connectivity index (χ1n) is 6.86. The molecule has 20 heavy (non-hydrogen) atoms. The van der Waals surface area contributed by atoms with Gasteiger partial charge in [0.25, 0.3) is 0 Å². The number of morpholine rings is 1. The normalized spacial score (nSPS) is 24.8. The van der Waals surface area contributed by atoms with E-state index in [0.717, 1.165) is 12.2 Å². The molecule has 2 heterocycles. The van der Waals surface area contributed by atoms with Crippen molar-refractivity contribution in [3.8, 4) is 6.07 Å². The summed E-state index contributed by atoms with van der Waals surface area (Å²) in [6, 6.07) is 2.20. The lowest BCUT2D eigenvalue weighted by molar-refractivity contribution is -0.151. The maximum atomic E-state index is 12.5. The fourth-order valence-corrected chi connectivity index (χ4v) is 2.70. The Morgan fingerprint density at radius 1 is 1.60 bits per heavy atom. The lowest BCUT2D eigenvalue weighted by Gasteiger charge is -2.40. The number of carbonyl (C=O) groups is 1. The molecule has 1 aromatic heterocycles. The number of ether oxygens (including phenoxy) is 1. The minimum Gasteiger partial charge on any atom is -0.366 e. The van der Waals surface area contributed by atoms with Crippen molar-refractivity contribution in [2.45, 2.75) is 32.3 Å². The van der Waals surface area contributed by atoms with E-state index in [2.05, 4.69) is 21.3 Å². The minimum absolute atomic E-state index is 0.0631. The maximum Gasteiger partial charge on any atom is 0.243 e. The zero-order valence-electron chi connectivity index (χ0n) is 11.4. The Morgan fingerprint density at radius 2 is 2.40 bits per heavy atom. The summed E-state index contributed by atoms with van der Waals surface area (Å²) in [5, 5.41) is 16.1. The number of hydrogen-bond acceptors (Lipinski definition) is 5. The molecule has 0 bridgehead atoms. The molecule has 1 atom stereocenters. The van der Waals surface area contributed by atoms with E-state index in [1.165, 1.54) is 0 Å². The first-order chi connectivity index (χ1) is 9.64. The van der Waals surface area contributed by atoms with Gasteiger partial charge in [-0.25, -0.2) is 4.98 Å². The monoisotopic (exact) mass is 275 g/mol. The number of aromatic nitrogens is 3. The van der Waals surface area contributed by atoms with Crippen LogP contribution in [0.5, 0.6) is 0 Å². The van der Waals surface area contributed by atoms with Crippen LogP contribution in [0.15, 0.2) is 0 Å². The van der Waals surface area contributed by atoms with Crippen LogP contribution in [-0.2, 0) is 9.53 Å². The third kappa shape index (κ3) is 2.06. The highest BCUT2D eigenvalue weighted by atomic mass is 16.5. The molecule has 0 radical (unpaired) electrons. The van der Waals surface area contributed by atoms with Gasteiger partial charge in [-0.2, -0.15) is 10.4 Å². The Hall–Kier alpha value is -1.94. The summed E-state index contributed by atoms with van der Waals surface area (Å²) >= 11 is 0. The number of rotatable bonds is 2. The summed E-state index contributed by atoms with van der Waals surface area (Å²) in [7, 11) is 0. The van der Waals surface area contributed by atoms with E-state index in [-0.39, 0.29) is 12.0 Å². The van der Waals surface area contributed by atoms with Crippen molar-refractivity contribution in [1.29, 1.82) is 5.26 Å². The van der Waals surface area contributed by atoms with Gasteiger partial charge in [-0.05, 0) is 26.2 Å². The van der Waals surface area contributed by atoms with Gasteiger partial charge < -0.3 is 9.64 Å². The molecule has 1 aromatic rings. The molecular weight excluding hydrogens is 258 g/mol. The number of aryl methyl sites for hydroxylation is 1. The van der Waals surface area contributed by atoms with Gasteiger partial charge in [0.05, 0.1) is 19.2 Å². The predicted molar refractivity (Wildman–Crippen MR) is 68.3 cm³/mol. The van der Waals surface area contributed by atoms with Gasteiger partial charge in [0.2, 0.25) is 5.91 Å². The number of H-pyrrole nitrogens is 1. The summed E-state index contributed by atoms with van der Waals surface area (Å²) in [5.74, 6) is 1.23. The molecule has 1 amide bonds. The summed E-state index contributed by atoms with van der Waals surface area (Å²) in [5.41, 5.74) is -0.795. The molecule has 2 fully saturated rings. The fraction of sp³-hybridized carbons (Fsp3) is 0.692. The quantitative estimate of drug-likeness (QED) is 0.857. The van der Waals surface area contributed by atoms with E-state index in [9.17, 15) is 10.1 Å². The number of carbonyl (C=O) groups excluding carboxylic acids is 1. The molecule has 7 nitrogen and oxygen atoms in total. The fourth-order valence-electron chi connectivity index (χ4n) is 2.70. The molecule has 1 aliphatic heterocycles. The van der Waals surface area contributed by atoms with Crippen molar-refractivity contribution in [3.05, 3.63) is 11.6 Å². The van der Waals surface area contributed by atoms with Gasteiger partial charge in [-0.1, -0.05) is 0 Å². The second-order valence-corrected chi connectivity index (χ2v) is 5.44. The van der Waals surface area contributed by atoms with E-state index in [1.54, 1.807) is 4.90 Å². The molecule has 106 valence electrons. The SMILES string of the molecule is Cc1nc(C2CN(C(=O)C3(C#N)CCC3)CCO2)n[nH]1. The minimum atomic E-state index is -0.795. The lowest BCUT2D eigenvalue weighted by atomic mass is 9.69. The Labute approximate surface area is 116 Å². The van der Waals surface area contributed by atoms with Gasteiger partial charge in [0.1, 0.15) is 17.3 Å². The zero-order chi connectivity index (χ0) is 14.2. The number of amides is 1. The Kier molecular flexibility index (Phi) is 3.18. The smallest absolute Gasteiger partial charge is 0.243 e. The third-order valence-corrected chi connectivity index (χ3v) is 4.09. The van der Waals surface area contributed by atoms with Crippen molar-refractivity contribution in [2.75, 3.05) is 19.7 Å². The predicted octanol–water partition coefficient (Wildman–Crippen LogP) is 0.707. The highest BCUT2D eigenvalue weighted by Crippen LogP contribution is 2.42. The first-order valence-corrected chi connectivity index (χ1v) is 6.86. The summed E-state index contributed by atoms with van der Waals surface area (Å²) in [6.45, 7) is 3.22. The molecule has 1 N–H and O–H groups in total. The second-order valence-electron chi connectivity index (χ2n) is 5.44. The van der Waals surface area contributed by atoms with Crippen LogP contribution < -0.4 is 0 Å². The zero-order valence-corrected chi connectivity index (χ0v) is 11.4. The van der Waals surface area contributed by atoms with Crippen LogP contribution in [0.1, 0.15) is 37.0 Å². The van der Waals surface area contributed by atoms with Crippen LogP contribution in [0.25, 0.3) is 0 Å². The molecule has 3 rings (SSSR count). The van der Waals surface area contributed by atoms with Crippen LogP contribution in [0, 0.1) is 23.7 Å². The van der Waals surface area contributed by atoms with E-state index in [4.69, 9.17) is 4.74 Å². The van der Waals surface area contributed by atoms with Gasteiger partial charge in [0, 0.05) is 6.54 Å². The number of nitriles is 1. The number of aromatic amines is 1. The highest BCUT2D eigenvalue weighted by Gasteiger charge is 2.47. The molecule has 1 saturated heterocycles. The molecule has 1 aliphatic carbocycles. The molecule has 1 unspecified atom stereocenters. The van der Waals surface area contributed by atoms with E-state index in [1.807, 2.05) is 6.92 Å². The van der Waals surface area contributed by atoms with Crippen LogP contribution in [-0.4, -0.2) is 45.7 Å². The van der Waals surface area contributed by atoms with Crippen molar-refractivity contribution in [2.24, 2.45) is 5.41 Å². The summed E-state index contributed by atoms with van der Waals surface area (Å²) in [4.78, 5) is 18.5. The largest absolute Gasteiger partial charge is 0.366 e. The van der Waals surface area contributed by atoms with Gasteiger partial charge in [-0.3, -0.25) is 9.89 Å². The Morgan fingerprint density at radius 3 is 2.95 bits per heavy atom. The molecular formula is C13H17N5O2. The summed E-state index contributed by atoms with van der Waals surface area (Å²) < 4.78 is 5.63. The van der Waals surface area contributed by atoms with Crippen LogP contribution in [0.3, 0.4) is 0 Å². The van der Waals surface area contributed by atoms with Crippen LogP contribution >= 0.6 is 0 Å². The molecule has 2 aliphatic rings. The van der Waals surface area contributed by atoms with E-state index >= 15 is 0 Å². The maximum absolute atomic E-state index is 12.5. The van der Waals surface area contributed by atoms with Crippen molar-refractivity contribution >= 4 is 5.91 Å². The molecule has 7 heteroatoms. The Balaban J connectivity index is 1.72. The third-order valence-electron chi connectivity index (χ3n) is 4.09. The van der Waals surface area contributed by atoms with E-state index in [0.29, 0.717) is 38.4 Å². The average molecular weight is 275 g/mol. The van der Waals surface area contributed by atoms with Gasteiger partial charge in [0.15, 0.2) is 5.82 Å².